The number of aromatic nitrogens is 1. The maximum Gasteiger partial charge on any atom is 0.267 e. The highest BCUT2D eigenvalue weighted by molar-refractivity contribution is 7.13. The maximum atomic E-state index is 12.6. The molecular formula is C19H25N3OS. The molecule has 1 aromatic carbocycles. The Kier molecular flexibility index (Phi) is 5.31. The van der Waals surface area contributed by atoms with Crippen molar-refractivity contribution >= 4 is 22.9 Å². The molecule has 1 N–H and O–H groups in total. The summed E-state index contributed by atoms with van der Waals surface area (Å²) in [6.45, 7) is 9.44. The highest BCUT2D eigenvalue weighted by Gasteiger charge is 2.17. The van der Waals surface area contributed by atoms with E-state index in [0.717, 1.165) is 45.4 Å². The van der Waals surface area contributed by atoms with Crippen LogP contribution in [0.2, 0.25) is 0 Å². The van der Waals surface area contributed by atoms with E-state index in [9.17, 15) is 4.79 Å². The fourth-order valence-corrected chi connectivity index (χ4v) is 4.21. The van der Waals surface area contributed by atoms with E-state index in [1.165, 1.54) is 37.3 Å². The molecule has 0 bridgehead atoms. The van der Waals surface area contributed by atoms with Gasteiger partial charge in [0.05, 0.1) is 10.7 Å². The first kappa shape index (κ1) is 17.1. The lowest BCUT2D eigenvalue weighted by atomic mass is 10.1. The number of hydrogen-bond acceptors (Lipinski definition) is 4. The van der Waals surface area contributed by atoms with Gasteiger partial charge in [0.1, 0.15) is 4.88 Å². The summed E-state index contributed by atoms with van der Waals surface area (Å²) in [5, 5.41) is 4.07. The van der Waals surface area contributed by atoms with Gasteiger partial charge in [-0.15, -0.1) is 11.3 Å². The normalized spacial score (nSPS) is 15.0. The Morgan fingerprint density at radius 2 is 1.83 bits per heavy atom. The van der Waals surface area contributed by atoms with Crippen LogP contribution in [0.4, 0.5) is 5.69 Å². The Morgan fingerprint density at radius 3 is 2.50 bits per heavy atom. The standard InChI is InChI=1S/C19H25N3OS/c1-13-10-14(2)12-16(11-13)21-19(23)18-15(3)20-17(24-18)6-9-22-7-4-5-8-22/h10-12H,4-9H2,1-3H3,(H,21,23). The number of aryl methyl sites for hydroxylation is 3. The van der Waals surface area contributed by atoms with Gasteiger partial charge in [-0.25, -0.2) is 4.98 Å². The number of thiazole rings is 1. The zero-order valence-electron chi connectivity index (χ0n) is 14.7. The summed E-state index contributed by atoms with van der Waals surface area (Å²) >= 11 is 1.53. The van der Waals surface area contributed by atoms with Gasteiger partial charge < -0.3 is 10.2 Å². The van der Waals surface area contributed by atoms with Crippen molar-refractivity contribution in [1.29, 1.82) is 0 Å². The highest BCUT2D eigenvalue weighted by Crippen LogP contribution is 2.22. The number of anilines is 1. The Balaban J connectivity index is 1.65. The highest BCUT2D eigenvalue weighted by atomic mass is 32.1. The molecule has 0 radical (unpaired) electrons. The third-order valence-corrected chi connectivity index (χ3v) is 5.58. The number of hydrogen-bond donors (Lipinski definition) is 1. The van der Waals surface area contributed by atoms with Crippen LogP contribution < -0.4 is 5.32 Å². The lowest BCUT2D eigenvalue weighted by molar-refractivity contribution is 0.103. The van der Waals surface area contributed by atoms with E-state index in [1.807, 2.05) is 32.9 Å². The first-order chi connectivity index (χ1) is 11.5. The second kappa shape index (κ2) is 7.45. The van der Waals surface area contributed by atoms with Crippen molar-refractivity contribution < 1.29 is 4.79 Å². The van der Waals surface area contributed by atoms with Gasteiger partial charge in [0.15, 0.2) is 0 Å². The van der Waals surface area contributed by atoms with E-state index >= 15 is 0 Å². The third kappa shape index (κ3) is 4.22. The van der Waals surface area contributed by atoms with E-state index in [2.05, 4.69) is 21.3 Å². The van der Waals surface area contributed by atoms with Gasteiger partial charge in [-0.3, -0.25) is 4.79 Å². The average Bonchev–Trinajstić information content (AvgIpc) is 3.13. The predicted octanol–water partition coefficient (Wildman–Crippen LogP) is 3.96. The zero-order chi connectivity index (χ0) is 17.1. The summed E-state index contributed by atoms with van der Waals surface area (Å²) in [4.78, 5) is 20.4. The molecule has 24 heavy (non-hydrogen) atoms. The molecule has 1 saturated heterocycles. The van der Waals surface area contributed by atoms with Gasteiger partial charge in [0.25, 0.3) is 5.91 Å². The van der Waals surface area contributed by atoms with Crippen LogP contribution in [-0.4, -0.2) is 35.4 Å². The Morgan fingerprint density at radius 1 is 1.17 bits per heavy atom. The molecule has 0 spiro atoms. The summed E-state index contributed by atoms with van der Waals surface area (Å²) in [7, 11) is 0. The number of nitrogens with zero attached hydrogens (tertiary/aromatic N) is 2. The van der Waals surface area contributed by atoms with Crippen molar-refractivity contribution in [3.63, 3.8) is 0 Å². The van der Waals surface area contributed by atoms with Crippen molar-refractivity contribution in [2.75, 3.05) is 25.0 Å². The number of carbonyl (C=O) groups excluding carboxylic acids is 1. The Bertz CT molecular complexity index is 712. The van der Waals surface area contributed by atoms with Crippen LogP contribution in [0.1, 0.15) is 44.3 Å². The maximum absolute atomic E-state index is 12.6. The minimum Gasteiger partial charge on any atom is -0.321 e. The molecule has 4 nitrogen and oxygen atoms in total. The largest absolute Gasteiger partial charge is 0.321 e. The third-order valence-electron chi connectivity index (χ3n) is 4.37. The number of benzene rings is 1. The Labute approximate surface area is 147 Å². The minimum atomic E-state index is -0.0533. The molecule has 1 aromatic heterocycles. The van der Waals surface area contributed by atoms with Crippen molar-refractivity contribution in [2.45, 2.75) is 40.0 Å². The summed E-state index contributed by atoms with van der Waals surface area (Å²) < 4.78 is 0. The van der Waals surface area contributed by atoms with Gasteiger partial charge in [-0.05, 0) is 70.0 Å². The zero-order valence-corrected chi connectivity index (χ0v) is 15.5. The molecule has 0 unspecified atom stereocenters. The van der Waals surface area contributed by atoms with Crippen LogP contribution in [0.3, 0.4) is 0 Å². The van der Waals surface area contributed by atoms with Gasteiger partial charge in [0.2, 0.25) is 0 Å². The summed E-state index contributed by atoms with van der Waals surface area (Å²) in [5.74, 6) is -0.0533. The number of nitrogens with one attached hydrogen (secondary N) is 1. The van der Waals surface area contributed by atoms with E-state index in [0.29, 0.717) is 0 Å². The second-order valence-corrected chi connectivity index (χ2v) is 7.74. The molecule has 1 fully saturated rings. The number of rotatable bonds is 5. The van der Waals surface area contributed by atoms with Crippen molar-refractivity contribution in [2.24, 2.45) is 0 Å². The average molecular weight is 343 g/mol. The van der Waals surface area contributed by atoms with Crippen LogP contribution >= 0.6 is 11.3 Å². The van der Waals surface area contributed by atoms with E-state index < -0.39 is 0 Å². The molecule has 5 heteroatoms. The van der Waals surface area contributed by atoms with E-state index in [1.54, 1.807) is 0 Å². The molecular weight excluding hydrogens is 318 g/mol. The topological polar surface area (TPSA) is 45.2 Å². The van der Waals surface area contributed by atoms with Gasteiger partial charge >= 0.3 is 0 Å². The first-order valence-corrected chi connectivity index (χ1v) is 9.41. The summed E-state index contributed by atoms with van der Waals surface area (Å²) in [6.07, 6.45) is 3.54. The molecule has 0 saturated carbocycles. The van der Waals surface area contributed by atoms with Crippen LogP contribution in [0.15, 0.2) is 18.2 Å². The minimum absolute atomic E-state index is 0.0533. The lowest BCUT2D eigenvalue weighted by Gasteiger charge is -2.12. The van der Waals surface area contributed by atoms with E-state index in [4.69, 9.17) is 0 Å². The summed E-state index contributed by atoms with van der Waals surface area (Å²) in [6, 6.07) is 6.09. The number of amides is 1. The van der Waals surface area contributed by atoms with E-state index in [-0.39, 0.29) is 5.91 Å². The smallest absolute Gasteiger partial charge is 0.267 e. The van der Waals surface area contributed by atoms with Gasteiger partial charge in [-0.2, -0.15) is 0 Å². The lowest BCUT2D eigenvalue weighted by Crippen LogP contribution is -2.21. The molecule has 0 atom stereocenters. The van der Waals surface area contributed by atoms with Crippen LogP contribution in [-0.2, 0) is 6.42 Å². The molecule has 0 aliphatic carbocycles. The number of carbonyl (C=O) groups is 1. The fraction of sp³-hybridized carbons (Fsp3) is 0.474. The summed E-state index contributed by atoms with van der Waals surface area (Å²) in [5.41, 5.74) is 3.98. The van der Waals surface area contributed by atoms with Crippen molar-refractivity contribution in [3.05, 3.63) is 44.9 Å². The van der Waals surface area contributed by atoms with Crippen LogP contribution in [0, 0.1) is 20.8 Å². The molecule has 128 valence electrons. The van der Waals surface area contributed by atoms with Gasteiger partial charge in [-0.1, -0.05) is 6.07 Å². The van der Waals surface area contributed by atoms with Crippen LogP contribution in [0.25, 0.3) is 0 Å². The van der Waals surface area contributed by atoms with Crippen molar-refractivity contribution in [1.82, 2.24) is 9.88 Å². The molecule has 1 amide bonds. The van der Waals surface area contributed by atoms with Crippen LogP contribution in [0.5, 0.6) is 0 Å². The molecule has 1 aliphatic rings. The molecule has 1 aliphatic heterocycles. The predicted molar refractivity (Wildman–Crippen MR) is 100 cm³/mol. The van der Waals surface area contributed by atoms with Gasteiger partial charge in [0, 0.05) is 18.7 Å². The fourth-order valence-electron chi connectivity index (χ4n) is 3.26. The first-order valence-electron chi connectivity index (χ1n) is 8.59. The molecule has 2 heterocycles. The molecule has 2 aromatic rings. The monoisotopic (exact) mass is 343 g/mol. The molecule has 3 rings (SSSR count). The Hall–Kier alpha value is -1.72. The SMILES string of the molecule is Cc1cc(C)cc(NC(=O)c2sc(CCN3CCCC3)nc2C)c1. The quantitative estimate of drug-likeness (QED) is 0.894. The second-order valence-electron chi connectivity index (χ2n) is 6.65. The van der Waals surface area contributed by atoms with Crippen molar-refractivity contribution in [3.8, 4) is 0 Å². The number of likely N-dealkylation sites (tertiary alicyclic amines) is 1.